The minimum absolute atomic E-state index is 0.0216. The van der Waals surface area contributed by atoms with Gasteiger partial charge in [-0.25, -0.2) is 4.99 Å². The second kappa shape index (κ2) is 10.2. The maximum Gasteiger partial charge on any atom is 0.271 e. The van der Waals surface area contributed by atoms with Crippen molar-refractivity contribution in [1.82, 2.24) is 9.55 Å². The van der Waals surface area contributed by atoms with Crippen LogP contribution >= 0.6 is 11.3 Å². The predicted octanol–water partition coefficient (Wildman–Crippen LogP) is 3.37. The van der Waals surface area contributed by atoms with Gasteiger partial charge in [-0.2, -0.15) is 0 Å². The summed E-state index contributed by atoms with van der Waals surface area (Å²) in [7, 11) is 0. The minimum Gasteiger partial charge on any atom is -0.504 e. The second-order valence-electron chi connectivity index (χ2n) is 8.34. The molecule has 0 bridgehead atoms. The van der Waals surface area contributed by atoms with Gasteiger partial charge >= 0.3 is 0 Å². The smallest absolute Gasteiger partial charge is 0.271 e. The fourth-order valence-electron chi connectivity index (χ4n) is 4.23. The Kier molecular flexibility index (Phi) is 6.70. The van der Waals surface area contributed by atoms with Gasteiger partial charge in [0.2, 0.25) is 0 Å². The number of rotatable bonds is 6. The highest BCUT2D eigenvalue weighted by atomic mass is 32.1. The summed E-state index contributed by atoms with van der Waals surface area (Å²) in [5, 5.41) is 13.2. The van der Waals surface area contributed by atoms with Gasteiger partial charge in [0.05, 0.1) is 28.5 Å². The quantitative estimate of drug-likeness (QED) is 0.412. The van der Waals surface area contributed by atoms with Crippen LogP contribution in [0.1, 0.15) is 31.0 Å². The fraction of sp³-hybridized carbons (Fsp3) is 0.143. The highest BCUT2D eigenvalue weighted by molar-refractivity contribution is 7.07. The van der Waals surface area contributed by atoms with E-state index in [1.54, 1.807) is 49.7 Å². The Hall–Kier alpha value is -4.50. The lowest BCUT2D eigenvalue weighted by molar-refractivity contribution is -0.113. The van der Waals surface area contributed by atoms with Crippen molar-refractivity contribution in [2.75, 3.05) is 11.9 Å². The van der Waals surface area contributed by atoms with Crippen LogP contribution in [-0.2, 0) is 4.79 Å². The molecule has 37 heavy (non-hydrogen) atoms. The average Bonchev–Trinajstić information content (AvgIpc) is 3.20. The molecule has 2 aromatic carbocycles. The molecule has 2 N–H and O–H groups in total. The molecule has 2 aromatic heterocycles. The molecule has 8 nitrogen and oxygen atoms in total. The van der Waals surface area contributed by atoms with Crippen LogP contribution in [0.2, 0.25) is 0 Å². The zero-order valence-electron chi connectivity index (χ0n) is 20.2. The summed E-state index contributed by atoms with van der Waals surface area (Å²) in [4.78, 5) is 36.5. The van der Waals surface area contributed by atoms with Crippen molar-refractivity contribution >= 4 is 29.0 Å². The van der Waals surface area contributed by atoms with E-state index in [9.17, 15) is 14.7 Å². The van der Waals surface area contributed by atoms with Crippen LogP contribution in [0, 0.1) is 0 Å². The summed E-state index contributed by atoms with van der Waals surface area (Å²) in [5.74, 6) is -0.116. The van der Waals surface area contributed by atoms with E-state index in [4.69, 9.17) is 4.74 Å². The topological polar surface area (TPSA) is 106 Å². The monoisotopic (exact) mass is 512 g/mol. The third kappa shape index (κ3) is 4.81. The molecule has 0 unspecified atom stereocenters. The van der Waals surface area contributed by atoms with Crippen LogP contribution in [0.15, 0.2) is 94.1 Å². The number of phenolic OH excluding ortho intramolecular Hbond substituents is 1. The number of benzene rings is 2. The third-order valence-electron chi connectivity index (χ3n) is 5.90. The standard InChI is InChI=1S/C28H24N4O4S/c1-3-36-22-16-19(9-10-21(22)33)25-24(26(34)31-20-7-5-4-6-8-20)17(2)30-28-32(25)27(35)23(37-28)15-18-11-13-29-14-12-18/h4-16,25,33H,3H2,1-2H3,(H,31,34)/b23-15-/t25-/m0/s1. The van der Waals surface area contributed by atoms with Gasteiger partial charge in [-0.15, -0.1) is 0 Å². The van der Waals surface area contributed by atoms with E-state index in [2.05, 4.69) is 15.3 Å². The number of nitrogens with zero attached hydrogens (tertiary/aromatic N) is 3. The zero-order chi connectivity index (χ0) is 25.9. The number of thiazole rings is 1. The Balaban J connectivity index is 1.70. The largest absolute Gasteiger partial charge is 0.504 e. The molecule has 1 aliphatic heterocycles. The van der Waals surface area contributed by atoms with Gasteiger partial charge < -0.3 is 15.2 Å². The first-order valence-electron chi connectivity index (χ1n) is 11.7. The van der Waals surface area contributed by atoms with E-state index in [1.165, 1.54) is 22.0 Å². The lowest BCUT2D eigenvalue weighted by Gasteiger charge is -2.26. The summed E-state index contributed by atoms with van der Waals surface area (Å²) < 4.78 is 7.62. The maximum atomic E-state index is 13.7. The molecule has 0 aliphatic carbocycles. The number of phenols is 1. The predicted molar refractivity (Wildman–Crippen MR) is 142 cm³/mol. The van der Waals surface area contributed by atoms with Crippen molar-refractivity contribution in [3.8, 4) is 11.5 Å². The molecule has 0 spiro atoms. The highest BCUT2D eigenvalue weighted by Gasteiger charge is 2.33. The number of carbonyl (C=O) groups excluding carboxylic acids is 1. The number of hydrogen-bond acceptors (Lipinski definition) is 7. The van der Waals surface area contributed by atoms with E-state index in [1.807, 2.05) is 37.3 Å². The van der Waals surface area contributed by atoms with Crippen molar-refractivity contribution in [1.29, 1.82) is 0 Å². The number of ether oxygens (including phenoxy) is 1. The van der Waals surface area contributed by atoms with E-state index in [0.29, 0.717) is 38.5 Å². The van der Waals surface area contributed by atoms with Gasteiger partial charge in [-0.1, -0.05) is 35.6 Å². The molecule has 1 atom stereocenters. The van der Waals surface area contributed by atoms with Gasteiger partial charge in [0.1, 0.15) is 0 Å². The van der Waals surface area contributed by atoms with E-state index in [0.717, 1.165) is 5.56 Å². The Labute approximate surface area is 216 Å². The molecular formula is C28H24N4O4S. The Morgan fingerprint density at radius 1 is 1.16 bits per heavy atom. The van der Waals surface area contributed by atoms with Crippen LogP contribution in [-0.4, -0.2) is 27.2 Å². The Morgan fingerprint density at radius 3 is 2.65 bits per heavy atom. The van der Waals surface area contributed by atoms with Gasteiger partial charge in [0, 0.05) is 18.1 Å². The number of carbonyl (C=O) groups is 1. The van der Waals surface area contributed by atoms with Crippen molar-refractivity contribution in [3.05, 3.63) is 115 Å². The molecular weight excluding hydrogens is 488 g/mol. The van der Waals surface area contributed by atoms with Crippen LogP contribution in [0.4, 0.5) is 5.69 Å². The first kappa shape index (κ1) is 24.2. The summed E-state index contributed by atoms with van der Waals surface area (Å²) in [6.45, 7) is 3.93. The molecule has 0 saturated carbocycles. The second-order valence-corrected chi connectivity index (χ2v) is 9.35. The molecule has 3 heterocycles. The number of anilines is 1. The highest BCUT2D eigenvalue weighted by Crippen LogP contribution is 2.35. The van der Waals surface area contributed by atoms with Crippen molar-refractivity contribution < 1.29 is 14.6 Å². The summed E-state index contributed by atoms with van der Waals surface area (Å²) in [5.41, 5.74) is 2.64. The normalized spacial score (nSPS) is 15.2. The number of pyridine rings is 1. The fourth-order valence-corrected chi connectivity index (χ4v) is 5.28. The number of nitrogens with one attached hydrogen (secondary N) is 1. The summed E-state index contributed by atoms with van der Waals surface area (Å²) in [6.07, 6.45) is 5.11. The average molecular weight is 513 g/mol. The van der Waals surface area contributed by atoms with E-state index < -0.39 is 6.04 Å². The van der Waals surface area contributed by atoms with Crippen LogP contribution < -0.4 is 24.9 Å². The summed E-state index contributed by atoms with van der Waals surface area (Å²) >= 11 is 1.26. The van der Waals surface area contributed by atoms with Gasteiger partial charge in [0.25, 0.3) is 11.5 Å². The minimum atomic E-state index is -0.778. The maximum absolute atomic E-state index is 13.7. The van der Waals surface area contributed by atoms with Crippen molar-refractivity contribution in [3.63, 3.8) is 0 Å². The van der Waals surface area contributed by atoms with Crippen LogP contribution in [0.3, 0.4) is 0 Å². The first-order valence-corrected chi connectivity index (χ1v) is 12.5. The molecule has 4 aromatic rings. The lowest BCUT2D eigenvalue weighted by Crippen LogP contribution is -2.40. The van der Waals surface area contributed by atoms with Crippen LogP contribution in [0.5, 0.6) is 11.5 Å². The zero-order valence-corrected chi connectivity index (χ0v) is 21.0. The van der Waals surface area contributed by atoms with Gasteiger partial charge in [-0.3, -0.25) is 19.1 Å². The molecule has 186 valence electrons. The number of amides is 1. The Morgan fingerprint density at radius 2 is 1.92 bits per heavy atom. The Bertz CT molecular complexity index is 1670. The van der Waals surface area contributed by atoms with E-state index >= 15 is 0 Å². The third-order valence-corrected chi connectivity index (χ3v) is 6.88. The summed E-state index contributed by atoms with van der Waals surface area (Å²) in [6, 6.07) is 16.8. The molecule has 1 amide bonds. The molecule has 0 radical (unpaired) electrons. The van der Waals surface area contributed by atoms with Crippen molar-refractivity contribution in [2.45, 2.75) is 19.9 Å². The number of aromatic hydroxyl groups is 1. The number of hydrogen-bond donors (Lipinski definition) is 2. The van der Waals surface area contributed by atoms with Crippen LogP contribution in [0.25, 0.3) is 6.08 Å². The SMILES string of the molecule is CCOc1cc([C@H]2C(C(=O)Nc3ccccc3)=C(C)N=c3s/c(=C\c4ccncc4)c(=O)n32)ccc1O. The van der Waals surface area contributed by atoms with E-state index in [-0.39, 0.29) is 23.0 Å². The van der Waals surface area contributed by atoms with Crippen molar-refractivity contribution in [2.24, 2.45) is 4.99 Å². The lowest BCUT2D eigenvalue weighted by atomic mass is 9.94. The number of aromatic nitrogens is 2. The molecule has 0 saturated heterocycles. The molecule has 0 fully saturated rings. The number of para-hydroxylation sites is 1. The number of fused-ring (bicyclic) bond motifs is 1. The van der Waals surface area contributed by atoms with Gasteiger partial charge in [0.15, 0.2) is 16.3 Å². The number of allylic oxidation sites excluding steroid dienone is 1. The molecule has 5 rings (SSSR count). The van der Waals surface area contributed by atoms with Gasteiger partial charge in [-0.05, 0) is 67.4 Å². The first-order chi connectivity index (χ1) is 18.0. The molecule has 9 heteroatoms. The molecule has 1 aliphatic rings.